The fourth-order valence-electron chi connectivity index (χ4n) is 2.20. The molecule has 0 aliphatic carbocycles. The monoisotopic (exact) mass is 293 g/mol. The molecule has 0 aromatic heterocycles. The van der Waals surface area contributed by atoms with E-state index in [4.69, 9.17) is 9.47 Å². The molecule has 0 saturated carbocycles. The van der Waals surface area contributed by atoms with Gasteiger partial charge >= 0.3 is 6.09 Å². The van der Waals surface area contributed by atoms with E-state index in [1.807, 2.05) is 36.4 Å². The van der Waals surface area contributed by atoms with Crippen molar-refractivity contribution < 1.29 is 14.3 Å². The number of fused-ring (bicyclic) bond motifs is 1. The number of anilines is 1. The highest BCUT2D eigenvalue weighted by Gasteiger charge is 2.08. The molecule has 0 fully saturated rings. The molecule has 3 aromatic rings. The van der Waals surface area contributed by atoms with E-state index in [-0.39, 0.29) is 0 Å². The summed E-state index contributed by atoms with van der Waals surface area (Å²) in [5, 5.41) is 4.61. The molecule has 0 saturated heterocycles. The van der Waals surface area contributed by atoms with Crippen molar-refractivity contribution in [2.45, 2.75) is 0 Å². The van der Waals surface area contributed by atoms with Crippen LogP contribution in [0.5, 0.6) is 11.5 Å². The molecule has 4 nitrogen and oxygen atoms in total. The van der Waals surface area contributed by atoms with Crippen LogP contribution in [0.2, 0.25) is 0 Å². The summed E-state index contributed by atoms with van der Waals surface area (Å²) < 4.78 is 10.5. The lowest BCUT2D eigenvalue weighted by molar-refractivity contribution is 0.215. The second kappa shape index (κ2) is 6.18. The summed E-state index contributed by atoms with van der Waals surface area (Å²) in [6.45, 7) is 0. The summed E-state index contributed by atoms with van der Waals surface area (Å²) in [6.07, 6.45) is -0.526. The van der Waals surface area contributed by atoms with Gasteiger partial charge < -0.3 is 9.47 Å². The topological polar surface area (TPSA) is 47.6 Å². The molecular weight excluding hydrogens is 278 g/mol. The summed E-state index contributed by atoms with van der Waals surface area (Å²) in [7, 11) is 1.59. The number of hydrogen-bond donors (Lipinski definition) is 1. The van der Waals surface area contributed by atoms with Crippen molar-refractivity contribution in [3.8, 4) is 11.5 Å². The van der Waals surface area contributed by atoms with Crippen LogP contribution < -0.4 is 14.8 Å². The minimum atomic E-state index is -0.526. The van der Waals surface area contributed by atoms with Gasteiger partial charge in [0.05, 0.1) is 7.11 Å². The third-order valence-electron chi connectivity index (χ3n) is 3.29. The van der Waals surface area contributed by atoms with Crippen molar-refractivity contribution >= 4 is 22.6 Å². The van der Waals surface area contributed by atoms with Gasteiger partial charge in [-0.25, -0.2) is 4.79 Å². The highest BCUT2D eigenvalue weighted by Crippen LogP contribution is 2.25. The number of carbonyl (C=O) groups is 1. The number of carbonyl (C=O) groups excluding carboxylic acids is 1. The van der Waals surface area contributed by atoms with Gasteiger partial charge in [0.1, 0.15) is 11.5 Å². The first-order valence-corrected chi connectivity index (χ1v) is 6.87. The highest BCUT2D eigenvalue weighted by atomic mass is 16.6. The Morgan fingerprint density at radius 1 is 0.909 bits per heavy atom. The van der Waals surface area contributed by atoms with Crippen molar-refractivity contribution in [2.75, 3.05) is 12.4 Å². The molecule has 3 aromatic carbocycles. The maximum atomic E-state index is 12.0. The molecule has 0 atom stereocenters. The van der Waals surface area contributed by atoms with Gasteiger partial charge in [-0.05, 0) is 35.7 Å². The Balaban J connectivity index is 1.75. The summed E-state index contributed by atoms with van der Waals surface area (Å²) in [5.41, 5.74) is 0.644. The first kappa shape index (κ1) is 13.9. The van der Waals surface area contributed by atoms with Crippen LogP contribution in [-0.4, -0.2) is 13.2 Å². The Bertz CT molecular complexity index is 792. The van der Waals surface area contributed by atoms with Gasteiger partial charge in [-0.3, -0.25) is 5.32 Å². The van der Waals surface area contributed by atoms with Crippen LogP contribution in [0.4, 0.5) is 10.5 Å². The van der Waals surface area contributed by atoms with Gasteiger partial charge in [-0.2, -0.15) is 0 Å². The van der Waals surface area contributed by atoms with Gasteiger partial charge in [0.15, 0.2) is 0 Å². The van der Waals surface area contributed by atoms with E-state index in [2.05, 4.69) is 5.32 Å². The molecule has 0 heterocycles. The molecule has 4 heteroatoms. The summed E-state index contributed by atoms with van der Waals surface area (Å²) in [4.78, 5) is 12.0. The third kappa shape index (κ3) is 3.01. The number of methoxy groups -OCH3 is 1. The number of ether oxygens (including phenoxy) is 2. The maximum absolute atomic E-state index is 12.0. The molecule has 0 spiro atoms. The lowest BCUT2D eigenvalue weighted by Gasteiger charge is -2.09. The number of amides is 1. The Morgan fingerprint density at radius 2 is 1.64 bits per heavy atom. The standard InChI is InChI=1S/C18H15NO3/c1-21-15-11-9-14(10-12-15)19-18(20)22-17-8-4-6-13-5-2-3-7-16(13)17/h2-12H,1H3,(H,19,20). The molecule has 0 radical (unpaired) electrons. The average Bonchev–Trinajstić information content (AvgIpc) is 2.56. The van der Waals surface area contributed by atoms with Crippen LogP contribution in [-0.2, 0) is 0 Å². The minimum absolute atomic E-state index is 0.526. The van der Waals surface area contributed by atoms with Crippen LogP contribution in [0.1, 0.15) is 0 Å². The Labute approximate surface area is 128 Å². The van der Waals surface area contributed by atoms with E-state index < -0.39 is 6.09 Å². The lowest BCUT2D eigenvalue weighted by atomic mass is 10.1. The lowest BCUT2D eigenvalue weighted by Crippen LogP contribution is -2.16. The highest BCUT2D eigenvalue weighted by molar-refractivity contribution is 5.93. The fraction of sp³-hybridized carbons (Fsp3) is 0.0556. The number of nitrogens with one attached hydrogen (secondary N) is 1. The smallest absolute Gasteiger partial charge is 0.417 e. The molecule has 3 rings (SSSR count). The van der Waals surface area contributed by atoms with Crippen LogP contribution in [0, 0.1) is 0 Å². The first-order chi connectivity index (χ1) is 10.8. The van der Waals surface area contributed by atoms with Gasteiger partial charge in [-0.1, -0.05) is 36.4 Å². The SMILES string of the molecule is COc1ccc(NC(=O)Oc2cccc3ccccc23)cc1. The van der Waals surface area contributed by atoms with Crippen molar-refractivity contribution in [2.24, 2.45) is 0 Å². The molecular formula is C18H15NO3. The van der Waals surface area contributed by atoms with E-state index in [9.17, 15) is 4.79 Å². The number of rotatable bonds is 3. The zero-order valence-electron chi connectivity index (χ0n) is 12.1. The minimum Gasteiger partial charge on any atom is -0.497 e. The van der Waals surface area contributed by atoms with Gasteiger partial charge in [0.2, 0.25) is 0 Å². The summed E-state index contributed by atoms with van der Waals surface area (Å²) >= 11 is 0. The van der Waals surface area contributed by atoms with Gasteiger partial charge in [0.25, 0.3) is 0 Å². The van der Waals surface area contributed by atoms with Crippen molar-refractivity contribution in [1.82, 2.24) is 0 Å². The normalized spacial score (nSPS) is 10.2. The molecule has 1 amide bonds. The molecule has 0 unspecified atom stereocenters. The Morgan fingerprint density at radius 3 is 2.41 bits per heavy atom. The number of benzene rings is 3. The van der Waals surface area contributed by atoms with E-state index >= 15 is 0 Å². The zero-order valence-corrected chi connectivity index (χ0v) is 12.1. The second-order valence-electron chi connectivity index (χ2n) is 4.72. The van der Waals surface area contributed by atoms with Crippen molar-refractivity contribution in [3.63, 3.8) is 0 Å². The van der Waals surface area contributed by atoms with Crippen LogP contribution in [0.25, 0.3) is 10.8 Å². The van der Waals surface area contributed by atoms with E-state index in [1.54, 1.807) is 37.4 Å². The van der Waals surface area contributed by atoms with Gasteiger partial charge in [0, 0.05) is 11.1 Å². The van der Waals surface area contributed by atoms with Crippen molar-refractivity contribution in [3.05, 3.63) is 66.7 Å². The predicted molar refractivity (Wildman–Crippen MR) is 86.6 cm³/mol. The second-order valence-corrected chi connectivity index (χ2v) is 4.72. The molecule has 22 heavy (non-hydrogen) atoms. The van der Waals surface area contributed by atoms with Crippen LogP contribution in [0.15, 0.2) is 66.7 Å². The number of hydrogen-bond acceptors (Lipinski definition) is 3. The molecule has 1 N–H and O–H groups in total. The summed E-state index contributed by atoms with van der Waals surface area (Å²) in [6, 6.07) is 20.4. The fourth-order valence-corrected chi connectivity index (χ4v) is 2.20. The van der Waals surface area contributed by atoms with Crippen LogP contribution >= 0.6 is 0 Å². The van der Waals surface area contributed by atoms with E-state index in [1.165, 1.54) is 0 Å². The van der Waals surface area contributed by atoms with Crippen LogP contribution in [0.3, 0.4) is 0 Å². The summed E-state index contributed by atoms with van der Waals surface area (Å²) in [5.74, 6) is 1.26. The third-order valence-corrected chi connectivity index (χ3v) is 3.29. The predicted octanol–water partition coefficient (Wildman–Crippen LogP) is 4.46. The molecule has 110 valence electrons. The Kier molecular flexibility index (Phi) is 3.92. The molecule has 0 bridgehead atoms. The molecule has 0 aliphatic heterocycles. The quantitative estimate of drug-likeness (QED) is 0.775. The van der Waals surface area contributed by atoms with E-state index in [0.29, 0.717) is 11.4 Å². The average molecular weight is 293 g/mol. The first-order valence-electron chi connectivity index (χ1n) is 6.87. The Hall–Kier alpha value is -3.01. The van der Waals surface area contributed by atoms with Gasteiger partial charge in [-0.15, -0.1) is 0 Å². The molecule has 0 aliphatic rings. The zero-order chi connectivity index (χ0) is 15.4. The maximum Gasteiger partial charge on any atom is 0.417 e. The van der Waals surface area contributed by atoms with Crippen molar-refractivity contribution in [1.29, 1.82) is 0 Å². The largest absolute Gasteiger partial charge is 0.497 e. The van der Waals surface area contributed by atoms with E-state index in [0.717, 1.165) is 16.5 Å².